The van der Waals surface area contributed by atoms with Crippen molar-refractivity contribution in [2.75, 3.05) is 59.0 Å². The van der Waals surface area contributed by atoms with Crippen LogP contribution in [0, 0.1) is 0 Å². The third-order valence-corrected chi connectivity index (χ3v) is 10.5. The van der Waals surface area contributed by atoms with Crippen LogP contribution in [0.5, 0.6) is 11.9 Å². The van der Waals surface area contributed by atoms with Crippen LogP contribution >= 0.6 is 23.2 Å². The van der Waals surface area contributed by atoms with Gasteiger partial charge in [0.05, 0.1) is 25.5 Å². The summed E-state index contributed by atoms with van der Waals surface area (Å²) in [6.45, 7) is 6.75. The Morgan fingerprint density at radius 1 is 0.913 bits per heavy atom. The minimum atomic E-state index is -3.04. The van der Waals surface area contributed by atoms with Gasteiger partial charge in [0.1, 0.15) is 26.8 Å². The number of hydrogen-bond donors (Lipinski definition) is 0. The van der Waals surface area contributed by atoms with E-state index < -0.39 is 20.9 Å². The van der Waals surface area contributed by atoms with Crippen LogP contribution in [0.4, 0.5) is 4.79 Å². The van der Waals surface area contributed by atoms with Gasteiger partial charge in [-0.2, -0.15) is 4.98 Å². The van der Waals surface area contributed by atoms with Crippen molar-refractivity contribution in [1.82, 2.24) is 24.7 Å². The molecule has 2 aliphatic heterocycles. The van der Waals surface area contributed by atoms with E-state index in [0.29, 0.717) is 60.6 Å². The van der Waals surface area contributed by atoms with Gasteiger partial charge < -0.3 is 14.4 Å². The minimum absolute atomic E-state index is 0.116. The average Bonchev–Trinajstić information content (AvgIpc) is 3.28. The number of carbonyl (C=O) groups excluding carboxylic acids is 1. The van der Waals surface area contributed by atoms with Crippen molar-refractivity contribution in [2.24, 2.45) is 4.99 Å². The summed E-state index contributed by atoms with van der Waals surface area (Å²) < 4.78 is 34.2. The zero-order valence-corrected chi connectivity index (χ0v) is 28.9. The van der Waals surface area contributed by atoms with Gasteiger partial charge in [0.25, 0.3) is 0 Å². The molecule has 2 aliphatic rings. The van der Waals surface area contributed by atoms with E-state index >= 15 is 0 Å². The molecule has 5 rings (SSSR count). The maximum atomic E-state index is 14.9. The van der Waals surface area contributed by atoms with Crippen LogP contribution in [-0.2, 0) is 20.9 Å². The molecule has 2 amide bonds. The average molecular weight is 690 g/mol. The van der Waals surface area contributed by atoms with Gasteiger partial charge in [0, 0.05) is 48.7 Å². The second kappa shape index (κ2) is 13.3. The number of amidine groups is 1. The Bertz CT molecular complexity index is 1720. The summed E-state index contributed by atoms with van der Waals surface area (Å²) in [5.74, 6) is 0.682. The first-order valence-corrected chi connectivity index (χ1v) is 17.7. The number of carbonyl (C=O) groups is 1. The maximum Gasteiger partial charge on any atom is 0.326 e. The summed E-state index contributed by atoms with van der Waals surface area (Å²) in [5.41, 5.74) is -0.0149. The molecule has 3 aromatic rings. The number of halogens is 2. The van der Waals surface area contributed by atoms with Gasteiger partial charge in [0.2, 0.25) is 5.88 Å². The number of sulfone groups is 1. The Morgan fingerprint density at radius 3 is 2.04 bits per heavy atom. The van der Waals surface area contributed by atoms with Crippen molar-refractivity contribution in [1.29, 1.82) is 0 Å². The number of methoxy groups -OCH3 is 2. The molecule has 0 saturated carbocycles. The van der Waals surface area contributed by atoms with Gasteiger partial charge in [-0.05, 0) is 62.2 Å². The van der Waals surface area contributed by atoms with Gasteiger partial charge >= 0.3 is 12.0 Å². The molecule has 1 saturated heterocycles. The third-order valence-electron chi connectivity index (χ3n) is 8.92. The Kier molecular flexibility index (Phi) is 9.84. The van der Waals surface area contributed by atoms with Gasteiger partial charge in [0.15, 0.2) is 0 Å². The molecule has 0 N–H and O–H groups in total. The Labute approximate surface area is 280 Å². The molecule has 1 aromatic heterocycles. The lowest BCUT2D eigenvalue weighted by Gasteiger charge is -2.47. The van der Waals surface area contributed by atoms with Gasteiger partial charge in [-0.3, -0.25) is 14.8 Å². The van der Waals surface area contributed by atoms with E-state index in [1.54, 1.807) is 28.1 Å². The lowest BCUT2D eigenvalue weighted by Crippen LogP contribution is -2.60. The van der Waals surface area contributed by atoms with Crippen LogP contribution < -0.4 is 9.47 Å². The van der Waals surface area contributed by atoms with Crippen LogP contribution in [0.1, 0.15) is 37.0 Å². The summed E-state index contributed by atoms with van der Waals surface area (Å²) in [6, 6.07) is 14.8. The molecule has 11 nitrogen and oxygen atoms in total. The molecule has 2 unspecified atom stereocenters. The fraction of sp³-hybridized carbons (Fsp3) is 0.438. The second-order valence-corrected chi connectivity index (χ2v) is 14.9. The highest BCUT2D eigenvalue weighted by molar-refractivity contribution is 7.90. The van der Waals surface area contributed by atoms with Crippen molar-refractivity contribution in [3.05, 3.63) is 81.5 Å². The van der Waals surface area contributed by atoms with Crippen molar-refractivity contribution in [3.63, 3.8) is 0 Å². The monoisotopic (exact) mass is 688 g/mol. The van der Waals surface area contributed by atoms with Crippen molar-refractivity contribution >= 4 is 44.9 Å². The van der Waals surface area contributed by atoms with E-state index in [4.69, 9.17) is 37.7 Å². The molecule has 1 fully saturated rings. The molecular weight excluding hydrogens is 651 g/mol. The van der Waals surface area contributed by atoms with Crippen molar-refractivity contribution in [2.45, 2.75) is 31.3 Å². The number of amides is 2. The standard InChI is InChI=1S/C32H38Cl2N6O5S/c1-31(22-7-11-24(33)12-8-22)32(2,23-9-13-25(34)14-10-23)40(27(37-31)26-21-35-29(45-4)36-28(26)44-3)30(41)39-18-16-38(17-19-39)15-6-20-46(5,42)43/h7-14,21H,6,15-20H2,1-5H3. The molecule has 46 heavy (non-hydrogen) atoms. The number of aromatic nitrogens is 2. The first kappa shape index (κ1) is 33.9. The van der Waals surface area contributed by atoms with E-state index in [2.05, 4.69) is 14.9 Å². The maximum absolute atomic E-state index is 14.9. The van der Waals surface area contributed by atoms with Gasteiger partial charge in [-0.15, -0.1) is 0 Å². The molecule has 14 heteroatoms. The number of piperazine rings is 1. The number of rotatable bonds is 9. The lowest BCUT2D eigenvalue weighted by atomic mass is 9.71. The molecule has 0 spiro atoms. The fourth-order valence-electron chi connectivity index (χ4n) is 6.18. The van der Waals surface area contributed by atoms with Crippen LogP contribution in [-0.4, -0.2) is 104 Å². The molecule has 3 heterocycles. The zero-order valence-electron chi connectivity index (χ0n) is 26.5. The largest absolute Gasteiger partial charge is 0.480 e. The number of ether oxygens (including phenoxy) is 2. The number of benzene rings is 2. The molecular formula is C32H38Cl2N6O5S. The van der Waals surface area contributed by atoms with E-state index in [0.717, 1.165) is 11.1 Å². The highest BCUT2D eigenvalue weighted by Gasteiger charge is 2.60. The Hall–Kier alpha value is -3.45. The minimum Gasteiger partial charge on any atom is -0.480 e. The highest BCUT2D eigenvalue weighted by Crippen LogP contribution is 2.54. The summed E-state index contributed by atoms with van der Waals surface area (Å²) in [7, 11) is -0.0780. The van der Waals surface area contributed by atoms with Gasteiger partial charge in [-0.1, -0.05) is 47.5 Å². The van der Waals surface area contributed by atoms with E-state index in [1.165, 1.54) is 20.5 Å². The quantitative estimate of drug-likeness (QED) is 0.313. The van der Waals surface area contributed by atoms with Crippen LogP contribution in [0.15, 0.2) is 59.7 Å². The van der Waals surface area contributed by atoms with Crippen LogP contribution in [0.25, 0.3) is 0 Å². The summed E-state index contributed by atoms with van der Waals surface area (Å²) >= 11 is 12.7. The molecule has 2 atom stereocenters. The Balaban J connectivity index is 1.61. The lowest BCUT2D eigenvalue weighted by molar-refractivity contribution is 0.0868. The molecule has 0 radical (unpaired) electrons. The molecule has 2 aromatic carbocycles. The first-order chi connectivity index (χ1) is 21.8. The van der Waals surface area contributed by atoms with Crippen LogP contribution in [0.2, 0.25) is 10.0 Å². The normalized spacial score (nSPS) is 22.1. The summed E-state index contributed by atoms with van der Waals surface area (Å²) in [5, 5.41) is 1.14. The predicted octanol–water partition coefficient (Wildman–Crippen LogP) is 4.87. The van der Waals surface area contributed by atoms with E-state index in [-0.39, 0.29) is 23.7 Å². The second-order valence-electron chi connectivity index (χ2n) is 11.8. The zero-order chi connectivity index (χ0) is 33.3. The highest BCUT2D eigenvalue weighted by atomic mass is 35.5. The smallest absolute Gasteiger partial charge is 0.326 e. The summed E-state index contributed by atoms with van der Waals surface area (Å²) in [6.07, 6.45) is 3.34. The van der Waals surface area contributed by atoms with Crippen LogP contribution in [0.3, 0.4) is 0 Å². The molecule has 246 valence electrons. The van der Waals surface area contributed by atoms with E-state index in [1.807, 2.05) is 50.2 Å². The third kappa shape index (κ3) is 6.53. The Morgan fingerprint density at radius 2 is 1.50 bits per heavy atom. The first-order valence-electron chi connectivity index (χ1n) is 14.9. The molecule has 0 bridgehead atoms. The SMILES string of the molecule is COc1ncc(C2=NC(C)(c3ccc(Cl)cc3)C(C)(c3ccc(Cl)cc3)N2C(=O)N2CCN(CCCS(C)(=O)=O)CC2)c(OC)n1. The van der Waals surface area contributed by atoms with E-state index in [9.17, 15) is 13.2 Å². The number of nitrogens with zero attached hydrogens (tertiary/aromatic N) is 6. The van der Waals surface area contributed by atoms with Crippen molar-refractivity contribution in [3.8, 4) is 11.9 Å². The summed E-state index contributed by atoms with van der Waals surface area (Å²) in [4.78, 5) is 34.7. The van der Waals surface area contributed by atoms with Gasteiger partial charge in [-0.25, -0.2) is 18.2 Å². The predicted molar refractivity (Wildman–Crippen MR) is 179 cm³/mol. The van der Waals surface area contributed by atoms with Crippen molar-refractivity contribution < 1.29 is 22.7 Å². The molecule has 0 aliphatic carbocycles. The topological polar surface area (TPSA) is 118 Å². The number of hydrogen-bond acceptors (Lipinski definition) is 9. The number of urea groups is 1. The number of aliphatic imine (C=N–C) groups is 1. The fourth-order valence-corrected chi connectivity index (χ4v) is 7.09.